The molecule has 0 aliphatic carbocycles. The van der Waals surface area contributed by atoms with E-state index < -0.39 is 8.22 Å². The second-order valence-corrected chi connectivity index (χ2v) is 3.33. The van der Waals surface area contributed by atoms with Crippen molar-refractivity contribution < 1.29 is 0 Å². The van der Waals surface area contributed by atoms with E-state index in [0.717, 1.165) is 19.0 Å². The zero-order valence-corrected chi connectivity index (χ0v) is 6.51. The number of unbranched alkanes of at least 4 members (excludes halogenated alkanes) is 1. The molecule has 0 bridgehead atoms. The topological polar surface area (TPSA) is 24.7 Å². The zero-order chi connectivity index (χ0) is 7.11. The standard InChI is InChI=1S/C4H9B2N2P/c1-2-3-4-9(7-5)8-6/h2-4H2,1H3. The van der Waals surface area contributed by atoms with Gasteiger partial charge in [-0.05, 0) is 0 Å². The van der Waals surface area contributed by atoms with Crippen LogP contribution in [0, 0.1) is 0 Å². The van der Waals surface area contributed by atoms with Crippen molar-refractivity contribution in [2.75, 3.05) is 6.16 Å². The van der Waals surface area contributed by atoms with Gasteiger partial charge in [-0.25, -0.2) is 0 Å². The second kappa shape index (κ2) is 6.28. The van der Waals surface area contributed by atoms with Gasteiger partial charge in [0, 0.05) is 0 Å². The Labute approximate surface area is 59.5 Å². The Balaban J connectivity index is 3.30. The van der Waals surface area contributed by atoms with Gasteiger partial charge < -0.3 is 0 Å². The van der Waals surface area contributed by atoms with Gasteiger partial charge in [0.1, 0.15) is 0 Å². The van der Waals surface area contributed by atoms with E-state index in [4.69, 9.17) is 15.3 Å². The quantitative estimate of drug-likeness (QED) is 0.408. The summed E-state index contributed by atoms with van der Waals surface area (Å²) in [6.45, 7) is 2.11. The van der Waals surface area contributed by atoms with E-state index >= 15 is 0 Å². The van der Waals surface area contributed by atoms with E-state index in [0.29, 0.717) is 0 Å². The van der Waals surface area contributed by atoms with Crippen LogP contribution in [0.1, 0.15) is 19.8 Å². The summed E-state index contributed by atoms with van der Waals surface area (Å²) in [4.78, 5) is 0. The Morgan fingerprint density at radius 1 is 1.33 bits per heavy atom. The van der Waals surface area contributed by atoms with Gasteiger partial charge in [0.05, 0.1) is 0 Å². The molecule has 0 rings (SSSR count). The molecule has 2 radical (unpaired) electrons. The van der Waals surface area contributed by atoms with Crippen molar-refractivity contribution in [2.24, 2.45) is 9.33 Å². The molecule has 5 heteroatoms. The molecule has 2 nitrogen and oxygen atoms in total. The normalized spacial score (nSPS) is 9.33. The van der Waals surface area contributed by atoms with Crippen LogP contribution in [0.3, 0.4) is 0 Å². The van der Waals surface area contributed by atoms with E-state index in [-0.39, 0.29) is 0 Å². The molecule has 0 amide bonds. The van der Waals surface area contributed by atoms with Gasteiger partial charge >= 0.3 is 58.8 Å². The van der Waals surface area contributed by atoms with Crippen molar-refractivity contribution in [3.8, 4) is 0 Å². The molecule has 0 N–H and O–H groups in total. The maximum atomic E-state index is 5.00. The molecule has 0 saturated heterocycles. The molecule has 46 valence electrons. The fourth-order valence-electron chi connectivity index (χ4n) is 0.445. The SMILES string of the molecule is [B]=NP(CCCC)N=[B]. The molecule has 0 fully saturated rings. The maximum absolute atomic E-state index is 5.00. The molecular weight excluding hydrogens is 129 g/mol. The number of rotatable bonds is 5. The predicted molar refractivity (Wildman–Crippen MR) is 43.1 cm³/mol. The van der Waals surface area contributed by atoms with Crippen LogP contribution in [-0.2, 0) is 0 Å². The molecule has 0 aromatic carbocycles. The third-order valence-electron chi connectivity index (χ3n) is 0.978. The minimum absolute atomic E-state index is 0.757. The minimum atomic E-state index is -0.757. The molecule has 0 aromatic rings. The number of hydrogen-bond donors (Lipinski definition) is 0. The summed E-state index contributed by atoms with van der Waals surface area (Å²) >= 11 is 0. The van der Waals surface area contributed by atoms with Gasteiger partial charge in [0.2, 0.25) is 0 Å². The number of hydrogen-bond acceptors (Lipinski definition) is 2. The molecular formula is C4H9B2N2P. The van der Waals surface area contributed by atoms with Crippen LogP contribution in [0.2, 0.25) is 0 Å². The van der Waals surface area contributed by atoms with Crippen LogP contribution in [0.4, 0.5) is 0 Å². The summed E-state index contributed by atoms with van der Waals surface area (Å²) in [6, 6.07) is 0. The van der Waals surface area contributed by atoms with Gasteiger partial charge in [0.25, 0.3) is 0 Å². The predicted octanol–water partition coefficient (Wildman–Crippen LogP) is 1.80. The summed E-state index contributed by atoms with van der Waals surface area (Å²) < 4.78 is 7.03. The monoisotopic (exact) mass is 138 g/mol. The first-order valence-electron chi connectivity index (χ1n) is 2.94. The van der Waals surface area contributed by atoms with E-state index in [1.54, 1.807) is 0 Å². The summed E-state index contributed by atoms with van der Waals surface area (Å²) in [5, 5.41) is 0. The molecule has 0 atom stereocenters. The molecule has 0 spiro atoms. The van der Waals surface area contributed by atoms with E-state index in [2.05, 4.69) is 16.3 Å². The third kappa shape index (κ3) is 4.65. The number of nitrogens with zero attached hydrogens (tertiary/aromatic N) is 2. The average Bonchev–Trinajstić information content (AvgIpc) is 1.91. The molecule has 9 heavy (non-hydrogen) atoms. The summed E-state index contributed by atoms with van der Waals surface area (Å²) in [5.74, 6) is 0. The van der Waals surface area contributed by atoms with E-state index in [1.807, 2.05) is 0 Å². The van der Waals surface area contributed by atoms with E-state index in [1.165, 1.54) is 0 Å². The second-order valence-electron chi connectivity index (χ2n) is 1.68. The molecule has 0 heterocycles. The van der Waals surface area contributed by atoms with Crippen LogP contribution >= 0.6 is 8.22 Å². The Bertz CT molecular complexity index is 90.6. The van der Waals surface area contributed by atoms with Crippen LogP contribution in [0.5, 0.6) is 0 Å². The van der Waals surface area contributed by atoms with Gasteiger partial charge in [-0.2, -0.15) is 0 Å². The van der Waals surface area contributed by atoms with Gasteiger partial charge in [-0.15, -0.1) is 0 Å². The molecule has 0 aliphatic rings. The molecule has 0 saturated carbocycles. The Kier molecular flexibility index (Phi) is 6.39. The Morgan fingerprint density at radius 3 is 2.22 bits per heavy atom. The van der Waals surface area contributed by atoms with Crippen molar-refractivity contribution in [3.05, 3.63) is 0 Å². The van der Waals surface area contributed by atoms with Crippen molar-refractivity contribution in [1.82, 2.24) is 0 Å². The first-order chi connectivity index (χ1) is 4.35. The summed E-state index contributed by atoms with van der Waals surface area (Å²) in [7, 11) is 9.25. The van der Waals surface area contributed by atoms with Crippen LogP contribution < -0.4 is 0 Å². The first kappa shape index (κ1) is 9.16. The van der Waals surface area contributed by atoms with Crippen molar-refractivity contribution in [1.29, 1.82) is 0 Å². The summed E-state index contributed by atoms with van der Waals surface area (Å²) in [6.07, 6.45) is 3.18. The summed E-state index contributed by atoms with van der Waals surface area (Å²) in [5.41, 5.74) is 0. The first-order valence-corrected chi connectivity index (χ1v) is 4.37. The zero-order valence-electron chi connectivity index (χ0n) is 5.62. The Morgan fingerprint density at radius 2 is 1.89 bits per heavy atom. The third-order valence-corrected chi connectivity index (χ3v) is 2.23. The van der Waals surface area contributed by atoms with Crippen molar-refractivity contribution in [3.63, 3.8) is 0 Å². The van der Waals surface area contributed by atoms with Crippen molar-refractivity contribution >= 4 is 23.5 Å². The molecule has 0 aromatic heterocycles. The van der Waals surface area contributed by atoms with Crippen molar-refractivity contribution in [2.45, 2.75) is 19.8 Å². The van der Waals surface area contributed by atoms with Gasteiger partial charge in [0.15, 0.2) is 0 Å². The van der Waals surface area contributed by atoms with Crippen LogP contribution in [0.15, 0.2) is 9.33 Å². The van der Waals surface area contributed by atoms with Gasteiger partial charge in [-0.1, -0.05) is 0 Å². The van der Waals surface area contributed by atoms with Crippen LogP contribution in [-0.4, -0.2) is 21.4 Å². The van der Waals surface area contributed by atoms with Gasteiger partial charge in [-0.3, -0.25) is 0 Å². The fourth-order valence-corrected chi connectivity index (χ4v) is 1.33. The Hall–Kier alpha value is 0.160. The molecule has 0 unspecified atom stereocenters. The molecule has 0 aliphatic heterocycles. The van der Waals surface area contributed by atoms with Crippen LogP contribution in [0.25, 0.3) is 0 Å². The van der Waals surface area contributed by atoms with E-state index in [9.17, 15) is 0 Å². The fraction of sp³-hybridized carbons (Fsp3) is 1.00. The average molecular weight is 138 g/mol.